The number of ketones is 2. The zero-order valence-corrected chi connectivity index (χ0v) is 13.1. The van der Waals surface area contributed by atoms with Crippen LogP contribution in [0.4, 0.5) is 0 Å². The van der Waals surface area contributed by atoms with Gasteiger partial charge in [-0.1, -0.05) is 23.7 Å². The van der Waals surface area contributed by atoms with E-state index in [0.717, 1.165) is 5.56 Å². The maximum absolute atomic E-state index is 12.2. The first kappa shape index (κ1) is 15.7. The van der Waals surface area contributed by atoms with E-state index in [1.54, 1.807) is 12.1 Å². The summed E-state index contributed by atoms with van der Waals surface area (Å²) >= 11 is 7.10. The van der Waals surface area contributed by atoms with Crippen LogP contribution in [0.2, 0.25) is 5.02 Å². The summed E-state index contributed by atoms with van der Waals surface area (Å²) < 4.78 is 9.91. The van der Waals surface area contributed by atoms with Crippen molar-refractivity contribution in [3.63, 3.8) is 0 Å². The Balaban J connectivity index is 2.13. The van der Waals surface area contributed by atoms with Gasteiger partial charge in [0.25, 0.3) is 0 Å². The highest BCUT2D eigenvalue weighted by atomic mass is 35.5. The van der Waals surface area contributed by atoms with Gasteiger partial charge in [0.2, 0.25) is 23.1 Å². The third-order valence-corrected chi connectivity index (χ3v) is 4.18. The van der Waals surface area contributed by atoms with Crippen LogP contribution in [0.15, 0.2) is 46.8 Å². The third-order valence-electron chi connectivity index (χ3n) is 2.84. The molecule has 0 bridgehead atoms. The van der Waals surface area contributed by atoms with Crippen LogP contribution in [-0.2, 0) is 24.8 Å². The Labute approximate surface area is 131 Å². The summed E-state index contributed by atoms with van der Waals surface area (Å²) in [6, 6.07) is 7.31. The molecule has 2 rings (SSSR count). The van der Waals surface area contributed by atoms with E-state index < -0.39 is 0 Å². The van der Waals surface area contributed by atoms with Gasteiger partial charge in [-0.15, -0.1) is 11.8 Å². The predicted octanol–water partition coefficient (Wildman–Crippen LogP) is 3.11. The number of methoxy groups -OCH3 is 2. The number of rotatable bonds is 5. The third kappa shape index (κ3) is 3.49. The van der Waals surface area contributed by atoms with Gasteiger partial charge in [-0.25, -0.2) is 0 Å². The normalized spacial score (nSPS) is 15.1. The minimum absolute atomic E-state index is 0.0522. The summed E-state index contributed by atoms with van der Waals surface area (Å²) in [6.07, 6.45) is 1.28. The molecule has 1 aromatic carbocycles. The largest absolute Gasteiger partial charge is 0.490 e. The number of carbonyl (C=O) groups excluding carboxylic acids is 2. The lowest BCUT2D eigenvalue weighted by molar-refractivity contribution is -0.119. The number of Topliss-reactive ketones (excluding diaryl/α,β-unsaturated/α-hetero) is 1. The van der Waals surface area contributed by atoms with Crippen molar-refractivity contribution in [3.05, 3.63) is 57.4 Å². The maximum Gasteiger partial charge on any atom is 0.238 e. The second kappa shape index (κ2) is 6.83. The Hall–Kier alpha value is -1.72. The highest BCUT2D eigenvalue weighted by Crippen LogP contribution is 2.30. The van der Waals surface area contributed by atoms with E-state index in [1.165, 1.54) is 32.1 Å². The SMILES string of the molecule is COC1=C(OC)C(=O)C(SCc2ccc(Cl)cc2)=CC1=O. The number of benzene rings is 1. The van der Waals surface area contributed by atoms with E-state index >= 15 is 0 Å². The quantitative estimate of drug-likeness (QED) is 0.779. The van der Waals surface area contributed by atoms with Gasteiger partial charge in [0, 0.05) is 16.9 Å². The van der Waals surface area contributed by atoms with Gasteiger partial charge in [0.1, 0.15) is 0 Å². The highest BCUT2D eigenvalue weighted by molar-refractivity contribution is 8.03. The molecule has 0 fully saturated rings. The molecular formula is C15H13ClO4S. The van der Waals surface area contributed by atoms with E-state index in [-0.39, 0.29) is 23.1 Å². The standard InChI is InChI=1S/C15H13ClO4S/c1-19-14-11(17)7-12(13(18)15(14)20-2)21-8-9-3-5-10(16)6-4-9/h3-7H,8H2,1-2H3. The van der Waals surface area contributed by atoms with Crippen molar-refractivity contribution in [1.82, 2.24) is 0 Å². The molecule has 6 heteroatoms. The molecule has 1 aromatic rings. The fourth-order valence-electron chi connectivity index (χ4n) is 1.80. The number of hydrogen-bond acceptors (Lipinski definition) is 5. The minimum atomic E-state index is -0.368. The molecule has 110 valence electrons. The molecule has 1 aliphatic carbocycles. The summed E-state index contributed by atoms with van der Waals surface area (Å²) in [4.78, 5) is 24.4. The van der Waals surface area contributed by atoms with E-state index in [1.807, 2.05) is 12.1 Å². The predicted molar refractivity (Wildman–Crippen MR) is 81.9 cm³/mol. The Bertz CT molecular complexity index is 632. The zero-order valence-electron chi connectivity index (χ0n) is 11.5. The van der Waals surface area contributed by atoms with Gasteiger partial charge >= 0.3 is 0 Å². The van der Waals surface area contributed by atoms with Gasteiger partial charge < -0.3 is 9.47 Å². The monoisotopic (exact) mass is 324 g/mol. The Kier molecular flexibility index (Phi) is 5.09. The van der Waals surface area contributed by atoms with Crippen LogP contribution >= 0.6 is 23.4 Å². The van der Waals surface area contributed by atoms with Crippen LogP contribution in [0.3, 0.4) is 0 Å². The summed E-state index contributed by atoms with van der Waals surface area (Å²) in [5, 5.41) is 0.654. The van der Waals surface area contributed by atoms with E-state index in [4.69, 9.17) is 21.1 Å². The van der Waals surface area contributed by atoms with Gasteiger partial charge in [0.05, 0.1) is 19.1 Å². The first-order valence-corrected chi connectivity index (χ1v) is 7.43. The molecule has 0 saturated carbocycles. The molecule has 0 heterocycles. The van der Waals surface area contributed by atoms with Crippen molar-refractivity contribution in [2.45, 2.75) is 5.75 Å². The lowest BCUT2D eigenvalue weighted by Crippen LogP contribution is -2.20. The van der Waals surface area contributed by atoms with Crippen LogP contribution in [0.5, 0.6) is 0 Å². The molecule has 21 heavy (non-hydrogen) atoms. The molecule has 0 radical (unpaired) electrons. The van der Waals surface area contributed by atoms with Crippen LogP contribution in [-0.4, -0.2) is 25.8 Å². The number of allylic oxidation sites excluding steroid dienone is 2. The van der Waals surface area contributed by atoms with Crippen LogP contribution in [0, 0.1) is 0 Å². The molecule has 0 amide bonds. The number of halogens is 1. The van der Waals surface area contributed by atoms with Crippen molar-refractivity contribution >= 4 is 34.9 Å². The molecule has 4 nitrogen and oxygen atoms in total. The second-order valence-corrected chi connectivity index (χ2v) is 5.64. The lowest BCUT2D eigenvalue weighted by Gasteiger charge is -2.16. The van der Waals surface area contributed by atoms with Crippen molar-refractivity contribution < 1.29 is 19.1 Å². The van der Waals surface area contributed by atoms with Gasteiger partial charge in [0.15, 0.2) is 0 Å². The first-order valence-electron chi connectivity index (χ1n) is 6.07. The molecule has 0 unspecified atom stereocenters. The summed E-state index contributed by atoms with van der Waals surface area (Å²) in [5.74, 6) is -0.260. The Morgan fingerprint density at radius 3 is 2.24 bits per heavy atom. The molecule has 0 spiro atoms. The molecule has 1 aliphatic rings. The van der Waals surface area contributed by atoms with Crippen LogP contribution in [0.1, 0.15) is 5.56 Å². The van der Waals surface area contributed by atoms with E-state index in [0.29, 0.717) is 15.7 Å². The summed E-state index contributed by atoms with van der Waals surface area (Å²) in [6.45, 7) is 0. The number of thioether (sulfide) groups is 1. The molecular weight excluding hydrogens is 312 g/mol. The minimum Gasteiger partial charge on any atom is -0.490 e. The molecule has 0 aliphatic heterocycles. The molecule has 0 N–H and O–H groups in total. The lowest BCUT2D eigenvalue weighted by atomic mass is 10.1. The number of carbonyl (C=O) groups is 2. The van der Waals surface area contributed by atoms with Gasteiger partial charge in [-0.05, 0) is 17.7 Å². The fourth-order valence-corrected chi connectivity index (χ4v) is 2.86. The number of hydrogen-bond donors (Lipinski definition) is 0. The highest BCUT2D eigenvalue weighted by Gasteiger charge is 2.30. The average Bonchev–Trinajstić information content (AvgIpc) is 2.48. The van der Waals surface area contributed by atoms with Crippen LogP contribution in [0.25, 0.3) is 0 Å². The topological polar surface area (TPSA) is 52.6 Å². The maximum atomic E-state index is 12.2. The van der Waals surface area contributed by atoms with Crippen LogP contribution < -0.4 is 0 Å². The van der Waals surface area contributed by atoms with Gasteiger partial charge in [-0.2, -0.15) is 0 Å². The first-order chi connectivity index (χ1) is 10.1. The van der Waals surface area contributed by atoms with Crippen molar-refractivity contribution in [2.24, 2.45) is 0 Å². The van der Waals surface area contributed by atoms with E-state index in [2.05, 4.69) is 0 Å². The second-order valence-electron chi connectivity index (χ2n) is 4.18. The fraction of sp³-hybridized carbons (Fsp3) is 0.200. The molecule has 0 aromatic heterocycles. The number of ether oxygens (including phenoxy) is 2. The average molecular weight is 325 g/mol. The van der Waals surface area contributed by atoms with Crippen molar-refractivity contribution in [3.8, 4) is 0 Å². The zero-order chi connectivity index (χ0) is 15.4. The van der Waals surface area contributed by atoms with E-state index in [9.17, 15) is 9.59 Å². The van der Waals surface area contributed by atoms with Crippen molar-refractivity contribution in [1.29, 1.82) is 0 Å². The molecule has 0 atom stereocenters. The summed E-state index contributed by atoms with van der Waals surface area (Å²) in [5.41, 5.74) is 1.01. The Morgan fingerprint density at radius 1 is 1.05 bits per heavy atom. The van der Waals surface area contributed by atoms with Crippen molar-refractivity contribution in [2.75, 3.05) is 14.2 Å². The Morgan fingerprint density at radius 2 is 1.67 bits per heavy atom. The molecule has 0 saturated heterocycles. The van der Waals surface area contributed by atoms with Gasteiger partial charge in [-0.3, -0.25) is 9.59 Å². The summed E-state index contributed by atoms with van der Waals surface area (Å²) in [7, 11) is 2.67. The smallest absolute Gasteiger partial charge is 0.238 e.